The average Bonchev–Trinajstić information content (AvgIpc) is 2.63. The Morgan fingerprint density at radius 3 is 2.46 bits per heavy atom. The van der Waals surface area contributed by atoms with Crippen LogP contribution in [0, 0.1) is 12.3 Å². The van der Waals surface area contributed by atoms with Gasteiger partial charge in [-0.3, -0.25) is 9.59 Å². The third-order valence-corrected chi connectivity index (χ3v) is 3.61. The molecule has 1 amide bonds. The van der Waals surface area contributed by atoms with E-state index in [-0.39, 0.29) is 17.8 Å². The predicted molar refractivity (Wildman–Crippen MR) is 92.7 cm³/mol. The molecule has 2 aromatic carbocycles. The van der Waals surface area contributed by atoms with Crippen molar-refractivity contribution in [2.75, 3.05) is 6.54 Å². The molecule has 5 nitrogen and oxygen atoms in total. The van der Waals surface area contributed by atoms with Gasteiger partial charge in [0.2, 0.25) is 0 Å². The van der Waals surface area contributed by atoms with Crippen LogP contribution < -0.4 is 10.9 Å². The van der Waals surface area contributed by atoms with Crippen molar-refractivity contribution in [1.29, 1.82) is 0 Å². The van der Waals surface area contributed by atoms with Crippen molar-refractivity contribution >= 4 is 16.7 Å². The molecular formula is C19H15N3O2. The lowest BCUT2D eigenvalue weighted by Crippen LogP contribution is -2.31. The maximum Gasteiger partial charge on any atom is 0.274 e. The summed E-state index contributed by atoms with van der Waals surface area (Å²) in [6.07, 6.45) is 5.18. The summed E-state index contributed by atoms with van der Waals surface area (Å²) in [5, 5.41) is 7.84. The molecule has 0 fully saturated rings. The van der Waals surface area contributed by atoms with E-state index in [1.807, 2.05) is 30.3 Å². The first kappa shape index (κ1) is 15.5. The lowest BCUT2D eigenvalue weighted by molar-refractivity contribution is 0.0953. The average molecular weight is 317 g/mol. The van der Waals surface area contributed by atoms with Crippen LogP contribution in [0.1, 0.15) is 16.1 Å². The fraction of sp³-hybridized carbons (Fsp3) is 0.105. The van der Waals surface area contributed by atoms with Crippen LogP contribution >= 0.6 is 0 Å². The number of aromatic nitrogens is 2. The molecule has 5 heteroatoms. The molecule has 1 N–H and O–H groups in total. The first-order valence-corrected chi connectivity index (χ1v) is 7.46. The van der Waals surface area contributed by atoms with Crippen LogP contribution in [0.4, 0.5) is 0 Å². The Hall–Kier alpha value is -3.39. The Labute approximate surface area is 138 Å². The van der Waals surface area contributed by atoms with E-state index in [2.05, 4.69) is 16.3 Å². The van der Waals surface area contributed by atoms with Gasteiger partial charge in [-0.1, -0.05) is 54.5 Å². The van der Waals surface area contributed by atoms with E-state index in [1.54, 1.807) is 24.3 Å². The smallest absolute Gasteiger partial charge is 0.274 e. The SMILES string of the molecule is C#CCNC(=O)c1nn(Cc2ccccc2)c(=O)c2ccccc12. The molecule has 24 heavy (non-hydrogen) atoms. The number of rotatable bonds is 4. The summed E-state index contributed by atoms with van der Waals surface area (Å²) >= 11 is 0. The van der Waals surface area contributed by atoms with Crippen LogP contribution in [0.25, 0.3) is 10.8 Å². The van der Waals surface area contributed by atoms with Gasteiger partial charge in [-0.2, -0.15) is 5.10 Å². The Morgan fingerprint density at radius 1 is 1.08 bits per heavy atom. The molecule has 0 radical (unpaired) electrons. The number of nitrogens with one attached hydrogen (secondary N) is 1. The highest BCUT2D eigenvalue weighted by molar-refractivity contribution is 6.04. The maximum absolute atomic E-state index is 12.7. The summed E-state index contributed by atoms with van der Waals surface area (Å²) < 4.78 is 1.31. The second kappa shape index (κ2) is 6.80. The van der Waals surface area contributed by atoms with E-state index in [4.69, 9.17) is 6.42 Å². The molecule has 0 aliphatic rings. The molecule has 0 saturated carbocycles. The lowest BCUT2D eigenvalue weighted by Gasteiger charge is -2.10. The highest BCUT2D eigenvalue weighted by Crippen LogP contribution is 2.13. The largest absolute Gasteiger partial charge is 0.340 e. The Balaban J connectivity index is 2.13. The molecule has 0 aliphatic carbocycles. The van der Waals surface area contributed by atoms with Crippen LogP contribution in [0.5, 0.6) is 0 Å². The number of terminal acetylenes is 1. The fourth-order valence-electron chi connectivity index (χ4n) is 2.48. The first-order chi connectivity index (χ1) is 11.7. The number of fused-ring (bicyclic) bond motifs is 1. The number of amides is 1. The van der Waals surface area contributed by atoms with Gasteiger partial charge >= 0.3 is 0 Å². The minimum absolute atomic E-state index is 0.104. The number of benzene rings is 2. The Kier molecular flexibility index (Phi) is 4.39. The van der Waals surface area contributed by atoms with E-state index >= 15 is 0 Å². The van der Waals surface area contributed by atoms with E-state index < -0.39 is 5.91 Å². The standard InChI is InChI=1S/C19H15N3O2/c1-2-12-20-18(23)17-15-10-6-7-11-16(15)19(24)22(21-17)13-14-8-4-3-5-9-14/h1,3-11H,12-13H2,(H,20,23). The second-order valence-corrected chi connectivity index (χ2v) is 5.23. The molecule has 1 heterocycles. The van der Waals surface area contributed by atoms with E-state index in [0.29, 0.717) is 17.3 Å². The summed E-state index contributed by atoms with van der Waals surface area (Å²) in [6, 6.07) is 16.4. The zero-order valence-corrected chi connectivity index (χ0v) is 12.9. The zero-order chi connectivity index (χ0) is 16.9. The molecular weight excluding hydrogens is 302 g/mol. The quantitative estimate of drug-likeness (QED) is 0.746. The highest BCUT2D eigenvalue weighted by atomic mass is 16.2. The van der Waals surface area contributed by atoms with Gasteiger partial charge in [0.15, 0.2) is 5.69 Å². The highest BCUT2D eigenvalue weighted by Gasteiger charge is 2.16. The van der Waals surface area contributed by atoms with Crippen molar-refractivity contribution in [2.24, 2.45) is 0 Å². The topological polar surface area (TPSA) is 64.0 Å². The van der Waals surface area contributed by atoms with Crippen molar-refractivity contribution < 1.29 is 4.79 Å². The van der Waals surface area contributed by atoms with Gasteiger partial charge in [-0.25, -0.2) is 4.68 Å². The summed E-state index contributed by atoms with van der Waals surface area (Å²) in [5.41, 5.74) is 0.886. The Morgan fingerprint density at radius 2 is 1.75 bits per heavy atom. The predicted octanol–water partition coefficient (Wildman–Crippen LogP) is 1.81. The van der Waals surface area contributed by atoms with Gasteiger partial charge in [-0.15, -0.1) is 6.42 Å². The van der Waals surface area contributed by atoms with Crippen molar-refractivity contribution in [1.82, 2.24) is 15.1 Å². The number of carbonyl (C=O) groups excluding carboxylic acids is 1. The van der Waals surface area contributed by atoms with E-state index in [9.17, 15) is 9.59 Å². The first-order valence-electron chi connectivity index (χ1n) is 7.46. The normalized spacial score (nSPS) is 10.3. The molecule has 0 aliphatic heterocycles. The zero-order valence-electron chi connectivity index (χ0n) is 12.9. The van der Waals surface area contributed by atoms with Gasteiger partial charge < -0.3 is 5.32 Å². The molecule has 0 bridgehead atoms. The molecule has 0 atom stereocenters. The molecule has 3 aromatic rings. The second-order valence-electron chi connectivity index (χ2n) is 5.23. The van der Waals surface area contributed by atoms with Gasteiger partial charge in [0, 0.05) is 5.39 Å². The van der Waals surface area contributed by atoms with Gasteiger partial charge in [0.1, 0.15) is 0 Å². The Bertz CT molecular complexity index is 985. The van der Waals surface area contributed by atoms with Crippen LogP contribution in [0.2, 0.25) is 0 Å². The number of hydrogen-bond donors (Lipinski definition) is 1. The molecule has 0 spiro atoms. The van der Waals surface area contributed by atoms with Crippen molar-refractivity contribution in [3.8, 4) is 12.3 Å². The number of nitrogens with zero attached hydrogens (tertiary/aromatic N) is 2. The van der Waals surface area contributed by atoms with E-state index in [0.717, 1.165) is 5.56 Å². The van der Waals surface area contributed by atoms with Gasteiger partial charge in [0.05, 0.1) is 18.5 Å². The number of carbonyl (C=O) groups is 1. The summed E-state index contributed by atoms with van der Waals surface area (Å²) in [6.45, 7) is 0.395. The van der Waals surface area contributed by atoms with Crippen LogP contribution in [-0.2, 0) is 6.54 Å². The van der Waals surface area contributed by atoms with Crippen LogP contribution in [0.15, 0.2) is 59.4 Å². The van der Waals surface area contributed by atoms with Gasteiger partial charge in [0.25, 0.3) is 11.5 Å². The summed E-state index contributed by atoms with van der Waals surface area (Å²) in [7, 11) is 0. The summed E-state index contributed by atoms with van der Waals surface area (Å²) in [5.74, 6) is 1.96. The molecule has 1 aromatic heterocycles. The van der Waals surface area contributed by atoms with E-state index in [1.165, 1.54) is 4.68 Å². The molecule has 0 unspecified atom stereocenters. The third-order valence-electron chi connectivity index (χ3n) is 3.61. The molecule has 0 saturated heterocycles. The number of hydrogen-bond acceptors (Lipinski definition) is 3. The minimum Gasteiger partial charge on any atom is -0.340 e. The molecule has 3 rings (SSSR count). The van der Waals surface area contributed by atoms with Crippen molar-refractivity contribution in [3.05, 3.63) is 76.2 Å². The van der Waals surface area contributed by atoms with Crippen molar-refractivity contribution in [2.45, 2.75) is 6.54 Å². The monoisotopic (exact) mass is 317 g/mol. The minimum atomic E-state index is -0.397. The fourth-order valence-corrected chi connectivity index (χ4v) is 2.48. The van der Waals surface area contributed by atoms with Crippen LogP contribution in [-0.4, -0.2) is 22.2 Å². The third kappa shape index (κ3) is 3.03. The maximum atomic E-state index is 12.7. The summed E-state index contributed by atoms with van der Waals surface area (Å²) in [4.78, 5) is 25.0. The van der Waals surface area contributed by atoms with Crippen molar-refractivity contribution in [3.63, 3.8) is 0 Å². The van der Waals surface area contributed by atoms with Gasteiger partial charge in [-0.05, 0) is 11.6 Å². The lowest BCUT2D eigenvalue weighted by atomic mass is 10.1. The van der Waals surface area contributed by atoms with Crippen LogP contribution in [0.3, 0.4) is 0 Å². The molecule has 118 valence electrons.